The van der Waals surface area contributed by atoms with Crippen LogP contribution < -0.4 is 0 Å². The number of hydrogen-bond donors (Lipinski definition) is 0. The first-order valence-electron chi connectivity index (χ1n) is 7.54. The van der Waals surface area contributed by atoms with Crippen molar-refractivity contribution in [3.63, 3.8) is 0 Å². The molecule has 1 aliphatic rings. The van der Waals surface area contributed by atoms with Crippen molar-refractivity contribution in [2.45, 2.75) is 26.3 Å². The molecule has 1 saturated heterocycles. The first-order chi connectivity index (χ1) is 10.2. The van der Waals surface area contributed by atoms with E-state index in [0.29, 0.717) is 5.92 Å². The molecule has 0 radical (unpaired) electrons. The molecule has 0 atom stereocenters. The van der Waals surface area contributed by atoms with E-state index in [1.165, 1.54) is 5.56 Å². The molecule has 0 spiro atoms. The monoisotopic (exact) mass is 283 g/mol. The fourth-order valence-electron chi connectivity index (χ4n) is 2.89. The Kier molecular flexibility index (Phi) is 4.04. The number of rotatable bonds is 3. The number of likely N-dealkylation sites (tertiary alicyclic amines) is 1. The largest absolute Gasteiger partial charge is 0.339 e. The van der Waals surface area contributed by atoms with Crippen LogP contribution in [0.25, 0.3) is 0 Å². The van der Waals surface area contributed by atoms with Gasteiger partial charge in [-0.3, -0.25) is 4.79 Å². The number of aromatic nitrogens is 2. The van der Waals surface area contributed by atoms with Crippen LogP contribution in [-0.2, 0) is 6.54 Å². The molecule has 4 heteroatoms. The zero-order chi connectivity index (χ0) is 14.7. The van der Waals surface area contributed by atoms with Crippen LogP contribution in [0.5, 0.6) is 0 Å². The maximum Gasteiger partial charge on any atom is 0.253 e. The van der Waals surface area contributed by atoms with Gasteiger partial charge in [0, 0.05) is 37.6 Å². The van der Waals surface area contributed by atoms with E-state index in [1.807, 2.05) is 54.8 Å². The molecule has 0 aliphatic carbocycles. The fraction of sp³-hybridized carbons (Fsp3) is 0.412. The van der Waals surface area contributed by atoms with Gasteiger partial charge in [-0.05, 0) is 37.8 Å². The quantitative estimate of drug-likeness (QED) is 0.868. The first-order valence-corrected chi connectivity index (χ1v) is 7.54. The number of nitrogens with zero attached hydrogens (tertiary/aromatic N) is 3. The van der Waals surface area contributed by atoms with Crippen molar-refractivity contribution in [3.8, 4) is 0 Å². The summed E-state index contributed by atoms with van der Waals surface area (Å²) in [7, 11) is 0. The third kappa shape index (κ3) is 3.32. The van der Waals surface area contributed by atoms with Crippen LogP contribution in [0.15, 0.2) is 43.0 Å². The van der Waals surface area contributed by atoms with Gasteiger partial charge in [0.2, 0.25) is 0 Å². The number of benzene rings is 1. The molecule has 110 valence electrons. The summed E-state index contributed by atoms with van der Waals surface area (Å²) < 4.78 is 2.13. The topological polar surface area (TPSA) is 38.1 Å². The summed E-state index contributed by atoms with van der Waals surface area (Å²) in [5.74, 6) is 0.803. The Bertz CT molecular complexity index is 581. The molecule has 1 fully saturated rings. The average molecular weight is 283 g/mol. The predicted molar refractivity (Wildman–Crippen MR) is 82.0 cm³/mol. The van der Waals surface area contributed by atoms with Crippen molar-refractivity contribution in [3.05, 3.63) is 54.1 Å². The minimum Gasteiger partial charge on any atom is -0.339 e. The Morgan fingerprint density at radius 2 is 1.95 bits per heavy atom. The third-order valence-electron chi connectivity index (χ3n) is 4.23. The lowest BCUT2D eigenvalue weighted by atomic mass is 9.96. The van der Waals surface area contributed by atoms with E-state index >= 15 is 0 Å². The summed E-state index contributed by atoms with van der Waals surface area (Å²) in [6, 6.07) is 7.85. The SMILES string of the molecule is Cc1ccc(C(=O)N2CCC(Cn3ccnc3)CC2)cc1. The molecular weight excluding hydrogens is 262 g/mol. The summed E-state index contributed by atoms with van der Waals surface area (Å²) in [5, 5.41) is 0. The molecule has 1 amide bonds. The molecule has 2 heterocycles. The fourth-order valence-corrected chi connectivity index (χ4v) is 2.89. The van der Waals surface area contributed by atoms with E-state index in [0.717, 1.165) is 38.0 Å². The Morgan fingerprint density at radius 1 is 1.24 bits per heavy atom. The van der Waals surface area contributed by atoms with Crippen LogP contribution in [0.1, 0.15) is 28.8 Å². The number of hydrogen-bond acceptors (Lipinski definition) is 2. The zero-order valence-electron chi connectivity index (χ0n) is 12.4. The highest BCUT2D eigenvalue weighted by atomic mass is 16.2. The number of amides is 1. The lowest BCUT2D eigenvalue weighted by Crippen LogP contribution is -2.39. The summed E-state index contributed by atoms with van der Waals surface area (Å²) in [6.07, 6.45) is 7.81. The normalized spacial score (nSPS) is 16.1. The van der Waals surface area contributed by atoms with Gasteiger partial charge in [-0.1, -0.05) is 17.7 Å². The highest BCUT2D eigenvalue weighted by Crippen LogP contribution is 2.20. The van der Waals surface area contributed by atoms with Gasteiger partial charge in [-0.25, -0.2) is 4.98 Å². The van der Waals surface area contributed by atoms with Crippen LogP contribution >= 0.6 is 0 Å². The Hall–Kier alpha value is -2.10. The molecule has 1 aromatic carbocycles. The van der Waals surface area contributed by atoms with E-state index in [1.54, 1.807) is 0 Å². The molecular formula is C17H21N3O. The number of piperidine rings is 1. The third-order valence-corrected chi connectivity index (χ3v) is 4.23. The van der Waals surface area contributed by atoms with Gasteiger partial charge in [0.15, 0.2) is 0 Å². The van der Waals surface area contributed by atoms with Gasteiger partial charge in [0.25, 0.3) is 5.91 Å². The molecule has 3 rings (SSSR count). The zero-order valence-corrected chi connectivity index (χ0v) is 12.4. The van der Waals surface area contributed by atoms with Crippen molar-refractivity contribution in [2.24, 2.45) is 5.92 Å². The summed E-state index contributed by atoms with van der Waals surface area (Å²) in [4.78, 5) is 18.5. The second-order valence-electron chi connectivity index (χ2n) is 5.86. The van der Waals surface area contributed by atoms with E-state index in [2.05, 4.69) is 9.55 Å². The van der Waals surface area contributed by atoms with Gasteiger partial charge in [0.1, 0.15) is 0 Å². The summed E-state index contributed by atoms with van der Waals surface area (Å²) >= 11 is 0. The van der Waals surface area contributed by atoms with Gasteiger partial charge in [-0.15, -0.1) is 0 Å². The number of carbonyl (C=O) groups is 1. The molecule has 1 aliphatic heterocycles. The molecule has 1 aromatic heterocycles. The van der Waals surface area contributed by atoms with E-state index in [9.17, 15) is 4.79 Å². The highest BCUT2D eigenvalue weighted by Gasteiger charge is 2.23. The predicted octanol–water partition coefficient (Wildman–Crippen LogP) is 2.74. The lowest BCUT2D eigenvalue weighted by Gasteiger charge is -2.32. The Labute approximate surface area is 125 Å². The van der Waals surface area contributed by atoms with E-state index in [4.69, 9.17) is 0 Å². The second kappa shape index (κ2) is 6.12. The first kappa shape index (κ1) is 13.9. The molecule has 4 nitrogen and oxygen atoms in total. The van der Waals surface area contributed by atoms with Crippen LogP contribution in [0.4, 0.5) is 0 Å². The molecule has 21 heavy (non-hydrogen) atoms. The maximum atomic E-state index is 12.4. The van der Waals surface area contributed by atoms with Crippen LogP contribution in [0, 0.1) is 12.8 Å². The van der Waals surface area contributed by atoms with Crippen molar-refractivity contribution in [1.82, 2.24) is 14.5 Å². The molecule has 0 unspecified atom stereocenters. The van der Waals surface area contributed by atoms with Crippen molar-refractivity contribution in [2.75, 3.05) is 13.1 Å². The number of aryl methyl sites for hydroxylation is 1. The Balaban J connectivity index is 1.55. The van der Waals surface area contributed by atoms with Gasteiger partial charge < -0.3 is 9.47 Å². The minimum absolute atomic E-state index is 0.163. The summed E-state index contributed by atoms with van der Waals surface area (Å²) in [5.41, 5.74) is 1.99. The van der Waals surface area contributed by atoms with Crippen molar-refractivity contribution in [1.29, 1.82) is 0 Å². The van der Waals surface area contributed by atoms with Gasteiger partial charge in [0.05, 0.1) is 6.33 Å². The standard InChI is InChI=1S/C17H21N3O/c1-14-2-4-16(5-3-14)17(21)20-9-6-15(7-10-20)12-19-11-8-18-13-19/h2-5,8,11,13,15H,6-7,9-10,12H2,1H3. The average Bonchev–Trinajstić information content (AvgIpc) is 3.01. The van der Waals surface area contributed by atoms with Crippen LogP contribution in [0.2, 0.25) is 0 Å². The van der Waals surface area contributed by atoms with Gasteiger partial charge in [-0.2, -0.15) is 0 Å². The number of carbonyl (C=O) groups excluding carboxylic acids is 1. The van der Waals surface area contributed by atoms with Crippen molar-refractivity contribution < 1.29 is 4.79 Å². The van der Waals surface area contributed by atoms with E-state index < -0.39 is 0 Å². The maximum absolute atomic E-state index is 12.4. The lowest BCUT2D eigenvalue weighted by molar-refractivity contribution is 0.0683. The minimum atomic E-state index is 0.163. The summed E-state index contributed by atoms with van der Waals surface area (Å²) in [6.45, 7) is 4.75. The Morgan fingerprint density at radius 3 is 2.57 bits per heavy atom. The van der Waals surface area contributed by atoms with Gasteiger partial charge >= 0.3 is 0 Å². The molecule has 0 N–H and O–H groups in total. The van der Waals surface area contributed by atoms with E-state index in [-0.39, 0.29) is 5.91 Å². The van der Waals surface area contributed by atoms with Crippen LogP contribution in [0.3, 0.4) is 0 Å². The number of imidazole rings is 1. The molecule has 2 aromatic rings. The second-order valence-corrected chi connectivity index (χ2v) is 5.86. The van der Waals surface area contributed by atoms with Crippen molar-refractivity contribution >= 4 is 5.91 Å². The highest BCUT2D eigenvalue weighted by molar-refractivity contribution is 5.94. The van der Waals surface area contributed by atoms with Crippen LogP contribution in [-0.4, -0.2) is 33.4 Å². The molecule has 0 saturated carbocycles. The molecule has 0 bridgehead atoms. The smallest absolute Gasteiger partial charge is 0.253 e.